The minimum atomic E-state index is -0.253. The third-order valence-corrected chi connectivity index (χ3v) is 2.82. The molecule has 1 amide bonds. The largest absolute Gasteiger partial charge is 0.350 e. The van der Waals surface area contributed by atoms with E-state index in [1.165, 1.54) is 11.1 Å². The van der Waals surface area contributed by atoms with Crippen LogP contribution in [0.4, 0.5) is 0 Å². The SMILES string of the molecule is C=C(C)C1=CCCC(C(C)(C)NC=O)=C1. The third kappa shape index (κ3) is 2.82. The van der Waals surface area contributed by atoms with Crippen LogP contribution in [0.2, 0.25) is 0 Å². The van der Waals surface area contributed by atoms with E-state index in [4.69, 9.17) is 0 Å². The topological polar surface area (TPSA) is 29.1 Å². The Labute approximate surface area is 91.8 Å². The zero-order valence-electron chi connectivity index (χ0n) is 9.76. The quantitative estimate of drug-likeness (QED) is 0.702. The highest BCUT2D eigenvalue weighted by Gasteiger charge is 2.23. The fourth-order valence-electron chi connectivity index (χ4n) is 1.73. The Hall–Kier alpha value is -1.31. The van der Waals surface area contributed by atoms with Crippen LogP contribution in [-0.4, -0.2) is 11.9 Å². The van der Waals surface area contributed by atoms with Crippen molar-refractivity contribution < 1.29 is 4.79 Å². The first kappa shape index (κ1) is 11.8. The maximum atomic E-state index is 10.5. The lowest BCUT2D eigenvalue weighted by Gasteiger charge is -2.29. The summed E-state index contributed by atoms with van der Waals surface area (Å²) >= 11 is 0. The smallest absolute Gasteiger partial charge is 0.207 e. The highest BCUT2D eigenvalue weighted by Crippen LogP contribution is 2.28. The minimum Gasteiger partial charge on any atom is -0.350 e. The molecule has 0 aromatic heterocycles. The van der Waals surface area contributed by atoms with Gasteiger partial charge in [0.2, 0.25) is 6.41 Å². The van der Waals surface area contributed by atoms with Crippen LogP contribution in [0.25, 0.3) is 0 Å². The second-order valence-corrected chi connectivity index (χ2v) is 4.54. The molecule has 1 aliphatic carbocycles. The number of allylic oxidation sites excluding steroid dienone is 4. The van der Waals surface area contributed by atoms with E-state index in [0.29, 0.717) is 0 Å². The monoisotopic (exact) mass is 205 g/mol. The lowest BCUT2D eigenvalue weighted by Crippen LogP contribution is -2.40. The summed E-state index contributed by atoms with van der Waals surface area (Å²) < 4.78 is 0. The molecular weight excluding hydrogens is 186 g/mol. The van der Waals surface area contributed by atoms with Crippen molar-refractivity contribution in [3.05, 3.63) is 35.5 Å². The average molecular weight is 205 g/mol. The lowest BCUT2D eigenvalue weighted by atomic mass is 9.84. The first-order valence-corrected chi connectivity index (χ1v) is 5.26. The van der Waals surface area contributed by atoms with E-state index in [9.17, 15) is 4.79 Å². The van der Waals surface area contributed by atoms with Crippen LogP contribution in [0.3, 0.4) is 0 Å². The van der Waals surface area contributed by atoms with Gasteiger partial charge in [0.05, 0.1) is 5.54 Å². The first-order chi connectivity index (χ1) is 6.97. The van der Waals surface area contributed by atoms with Crippen LogP contribution in [0.5, 0.6) is 0 Å². The molecule has 0 saturated carbocycles. The number of nitrogens with one attached hydrogen (secondary N) is 1. The molecule has 0 fully saturated rings. The molecule has 0 atom stereocenters. The lowest BCUT2D eigenvalue weighted by molar-refractivity contribution is -0.110. The molecule has 1 aliphatic rings. The van der Waals surface area contributed by atoms with Crippen molar-refractivity contribution in [3.63, 3.8) is 0 Å². The van der Waals surface area contributed by atoms with Crippen molar-refractivity contribution in [3.8, 4) is 0 Å². The van der Waals surface area contributed by atoms with E-state index in [1.54, 1.807) is 0 Å². The van der Waals surface area contributed by atoms with Crippen molar-refractivity contribution in [1.29, 1.82) is 0 Å². The van der Waals surface area contributed by atoms with Crippen molar-refractivity contribution >= 4 is 6.41 Å². The number of carbonyl (C=O) groups excluding carboxylic acids is 1. The zero-order chi connectivity index (χ0) is 11.5. The summed E-state index contributed by atoms with van der Waals surface area (Å²) in [6.45, 7) is 9.99. The van der Waals surface area contributed by atoms with Gasteiger partial charge in [-0.25, -0.2) is 0 Å². The molecule has 0 bridgehead atoms. The molecule has 15 heavy (non-hydrogen) atoms. The standard InChI is InChI=1S/C13H19NO/c1-10(2)11-6-5-7-12(8-11)13(3,4)14-9-15/h6,8-9H,1,5,7H2,2-4H3,(H,14,15). The van der Waals surface area contributed by atoms with Gasteiger partial charge in [-0.15, -0.1) is 0 Å². The van der Waals surface area contributed by atoms with E-state index < -0.39 is 0 Å². The molecule has 0 radical (unpaired) electrons. The molecule has 1 rings (SSSR count). The Balaban J connectivity index is 2.92. The van der Waals surface area contributed by atoms with E-state index >= 15 is 0 Å². The Morgan fingerprint density at radius 2 is 2.27 bits per heavy atom. The van der Waals surface area contributed by atoms with Gasteiger partial charge in [-0.2, -0.15) is 0 Å². The molecule has 2 nitrogen and oxygen atoms in total. The van der Waals surface area contributed by atoms with Gasteiger partial charge < -0.3 is 5.32 Å². The van der Waals surface area contributed by atoms with Gasteiger partial charge in [0.25, 0.3) is 0 Å². The summed E-state index contributed by atoms with van der Waals surface area (Å²) in [6.07, 6.45) is 7.13. The van der Waals surface area contributed by atoms with Crippen molar-refractivity contribution in [2.75, 3.05) is 0 Å². The molecule has 0 heterocycles. The predicted molar refractivity (Wildman–Crippen MR) is 63.5 cm³/mol. The fourth-order valence-corrected chi connectivity index (χ4v) is 1.73. The Kier molecular flexibility index (Phi) is 3.51. The highest BCUT2D eigenvalue weighted by atomic mass is 16.1. The van der Waals surface area contributed by atoms with E-state index in [0.717, 1.165) is 24.8 Å². The van der Waals surface area contributed by atoms with Gasteiger partial charge in [-0.3, -0.25) is 4.79 Å². The summed E-state index contributed by atoms with van der Waals surface area (Å²) in [5.41, 5.74) is 3.28. The molecule has 82 valence electrons. The summed E-state index contributed by atoms with van der Waals surface area (Å²) in [5.74, 6) is 0. The molecular formula is C13H19NO. The van der Waals surface area contributed by atoms with Crippen LogP contribution in [-0.2, 0) is 4.79 Å². The van der Waals surface area contributed by atoms with Crippen LogP contribution in [0.1, 0.15) is 33.6 Å². The van der Waals surface area contributed by atoms with Gasteiger partial charge >= 0.3 is 0 Å². The zero-order valence-corrected chi connectivity index (χ0v) is 9.76. The highest BCUT2D eigenvalue weighted by molar-refractivity contribution is 5.51. The number of rotatable bonds is 4. The van der Waals surface area contributed by atoms with Gasteiger partial charge in [-0.1, -0.05) is 24.3 Å². The van der Waals surface area contributed by atoms with E-state index in [1.807, 2.05) is 20.8 Å². The number of hydrogen-bond acceptors (Lipinski definition) is 1. The molecule has 0 saturated heterocycles. The summed E-state index contributed by atoms with van der Waals surface area (Å²) in [7, 11) is 0. The minimum absolute atomic E-state index is 0.253. The third-order valence-electron chi connectivity index (χ3n) is 2.82. The Bertz CT molecular complexity index is 334. The van der Waals surface area contributed by atoms with Gasteiger partial charge in [0.1, 0.15) is 0 Å². The number of carbonyl (C=O) groups is 1. The van der Waals surface area contributed by atoms with Gasteiger partial charge in [0, 0.05) is 0 Å². The average Bonchev–Trinajstić information content (AvgIpc) is 2.18. The van der Waals surface area contributed by atoms with Crippen LogP contribution >= 0.6 is 0 Å². The molecule has 0 spiro atoms. The molecule has 0 aliphatic heterocycles. The van der Waals surface area contributed by atoms with Crippen LogP contribution in [0, 0.1) is 0 Å². The normalized spacial score (nSPS) is 16.5. The first-order valence-electron chi connectivity index (χ1n) is 5.26. The van der Waals surface area contributed by atoms with Crippen LogP contribution < -0.4 is 5.32 Å². The summed E-state index contributed by atoms with van der Waals surface area (Å²) in [6, 6.07) is 0. The Morgan fingerprint density at radius 3 is 2.80 bits per heavy atom. The second kappa shape index (κ2) is 4.47. The second-order valence-electron chi connectivity index (χ2n) is 4.54. The number of amides is 1. The molecule has 0 unspecified atom stereocenters. The summed E-state index contributed by atoms with van der Waals surface area (Å²) in [4.78, 5) is 10.5. The predicted octanol–water partition coefficient (Wildman–Crippen LogP) is 2.73. The van der Waals surface area contributed by atoms with Crippen molar-refractivity contribution in [1.82, 2.24) is 5.32 Å². The van der Waals surface area contributed by atoms with Gasteiger partial charge in [0.15, 0.2) is 0 Å². The fraction of sp³-hybridized carbons (Fsp3) is 0.462. The van der Waals surface area contributed by atoms with E-state index in [-0.39, 0.29) is 5.54 Å². The van der Waals surface area contributed by atoms with E-state index in [2.05, 4.69) is 24.0 Å². The maximum absolute atomic E-state index is 10.5. The molecule has 0 aromatic carbocycles. The molecule has 0 aromatic rings. The summed E-state index contributed by atoms with van der Waals surface area (Å²) in [5, 5.41) is 2.85. The van der Waals surface area contributed by atoms with Crippen molar-refractivity contribution in [2.45, 2.75) is 39.2 Å². The molecule has 2 heteroatoms. The van der Waals surface area contributed by atoms with Crippen molar-refractivity contribution in [2.24, 2.45) is 0 Å². The van der Waals surface area contributed by atoms with Gasteiger partial charge in [-0.05, 0) is 44.8 Å². The van der Waals surface area contributed by atoms with Crippen LogP contribution in [0.15, 0.2) is 35.5 Å². The Morgan fingerprint density at radius 1 is 1.60 bits per heavy atom. The number of hydrogen-bond donors (Lipinski definition) is 1. The maximum Gasteiger partial charge on any atom is 0.207 e. The molecule has 1 N–H and O–H groups in total.